The minimum atomic E-state index is -1.40. The zero-order chi connectivity index (χ0) is 28.5. The highest BCUT2D eigenvalue weighted by Crippen LogP contribution is 2.28. The van der Waals surface area contributed by atoms with E-state index in [4.69, 9.17) is 37.4 Å². The molecule has 8 nitrogen and oxygen atoms in total. The molecule has 0 saturated heterocycles. The van der Waals surface area contributed by atoms with Crippen molar-refractivity contribution in [3.05, 3.63) is 129 Å². The predicted octanol–water partition coefficient (Wildman–Crippen LogP) is 6.21. The van der Waals surface area contributed by atoms with E-state index in [1.807, 2.05) is 0 Å². The van der Waals surface area contributed by atoms with Gasteiger partial charge in [-0.3, -0.25) is 4.79 Å². The number of para-hydroxylation sites is 2. The molecule has 0 bridgehead atoms. The topological polar surface area (TPSA) is 118 Å². The number of aliphatic hydroxyl groups is 2. The van der Waals surface area contributed by atoms with Gasteiger partial charge >= 0.3 is 0 Å². The molecular formula is C30H25Cl2NO7. The third kappa shape index (κ3) is 7.18. The van der Waals surface area contributed by atoms with Crippen LogP contribution in [-0.4, -0.2) is 40.5 Å². The fourth-order valence-electron chi connectivity index (χ4n) is 3.85. The summed E-state index contributed by atoms with van der Waals surface area (Å²) < 4.78 is 16.8. The van der Waals surface area contributed by atoms with Crippen molar-refractivity contribution in [2.75, 3.05) is 13.6 Å². The van der Waals surface area contributed by atoms with Gasteiger partial charge in [-0.05, 0) is 59.7 Å². The summed E-state index contributed by atoms with van der Waals surface area (Å²) in [6, 6.07) is 26.0. The van der Waals surface area contributed by atoms with Crippen LogP contribution in [0.25, 0.3) is 0 Å². The zero-order valence-electron chi connectivity index (χ0n) is 21.0. The molecule has 0 fully saturated rings. The van der Waals surface area contributed by atoms with Crippen molar-refractivity contribution in [2.45, 2.75) is 12.2 Å². The van der Waals surface area contributed by atoms with Crippen molar-refractivity contribution >= 4 is 34.7 Å². The molecule has 2 atom stereocenters. The summed E-state index contributed by atoms with van der Waals surface area (Å²) in [5.74, 6) is -0.0233. The molecule has 0 saturated carbocycles. The zero-order valence-corrected chi connectivity index (χ0v) is 22.5. The number of hydrogen-bond donors (Lipinski definition) is 3. The standard InChI is InChI=1S/C30H25Cl2NO7/c31-21-13-9-19(10-14-21)28(34)27(33-37)23-5-1-3-7-25(23)39-17-38-18-40-26-8-4-2-6-24(26)30(36)29(35)20-11-15-22(32)16-12-20/h1-16,28-29,34-35,37H,17-18H2. The van der Waals surface area contributed by atoms with E-state index in [2.05, 4.69) is 5.16 Å². The van der Waals surface area contributed by atoms with Gasteiger partial charge in [0.05, 0.1) is 5.56 Å². The molecule has 0 aromatic heterocycles. The number of oxime groups is 1. The van der Waals surface area contributed by atoms with E-state index in [0.29, 0.717) is 32.5 Å². The van der Waals surface area contributed by atoms with Gasteiger partial charge in [0.25, 0.3) is 0 Å². The predicted molar refractivity (Wildman–Crippen MR) is 150 cm³/mol. The Labute approximate surface area is 240 Å². The Bertz CT molecular complexity index is 1460. The average Bonchev–Trinajstić information content (AvgIpc) is 2.98. The molecule has 0 aliphatic carbocycles. The second-order valence-electron chi connectivity index (χ2n) is 8.48. The van der Waals surface area contributed by atoms with Crippen LogP contribution in [0.2, 0.25) is 10.0 Å². The molecule has 0 amide bonds. The van der Waals surface area contributed by atoms with E-state index in [1.165, 1.54) is 0 Å². The Morgan fingerprint density at radius 3 is 1.65 bits per heavy atom. The maximum atomic E-state index is 12.9. The van der Waals surface area contributed by atoms with Crippen LogP contribution in [0.3, 0.4) is 0 Å². The molecular weight excluding hydrogens is 557 g/mol. The second kappa shape index (κ2) is 13.9. The number of aliphatic hydroxyl groups excluding tert-OH is 2. The number of benzene rings is 4. The summed E-state index contributed by atoms with van der Waals surface area (Å²) in [6.45, 7) is -0.520. The summed E-state index contributed by atoms with van der Waals surface area (Å²) >= 11 is 11.8. The van der Waals surface area contributed by atoms with Crippen molar-refractivity contribution in [1.29, 1.82) is 0 Å². The van der Waals surface area contributed by atoms with Gasteiger partial charge in [-0.25, -0.2) is 0 Å². The summed E-state index contributed by atoms with van der Waals surface area (Å²) in [7, 11) is 0. The van der Waals surface area contributed by atoms with Crippen LogP contribution < -0.4 is 9.47 Å². The Morgan fingerprint density at radius 1 is 0.675 bits per heavy atom. The third-order valence-corrected chi connectivity index (χ3v) is 6.40. The van der Waals surface area contributed by atoms with E-state index in [0.717, 1.165) is 0 Å². The number of nitrogens with zero attached hydrogens (tertiary/aromatic N) is 1. The molecule has 0 radical (unpaired) electrons. The van der Waals surface area contributed by atoms with Crippen LogP contribution in [0.5, 0.6) is 11.5 Å². The molecule has 4 rings (SSSR count). The van der Waals surface area contributed by atoms with Crippen LogP contribution in [0.1, 0.15) is 39.3 Å². The largest absolute Gasteiger partial charge is 0.467 e. The number of rotatable bonds is 12. The quantitative estimate of drug-likeness (QED) is 0.0454. The maximum Gasteiger partial charge on any atom is 0.199 e. The Hall–Kier alpha value is -3.92. The number of hydrogen-bond acceptors (Lipinski definition) is 8. The Morgan fingerprint density at radius 2 is 1.12 bits per heavy atom. The van der Waals surface area contributed by atoms with Gasteiger partial charge in [0.15, 0.2) is 19.4 Å². The van der Waals surface area contributed by atoms with E-state index >= 15 is 0 Å². The molecule has 4 aromatic carbocycles. The monoisotopic (exact) mass is 581 g/mol. The first-order chi connectivity index (χ1) is 19.4. The molecule has 10 heteroatoms. The summed E-state index contributed by atoms with van der Waals surface area (Å²) in [5, 5.41) is 35.3. The van der Waals surface area contributed by atoms with E-state index < -0.39 is 18.0 Å². The van der Waals surface area contributed by atoms with Crippen molar-refractivity contribution in [3.63, 3.8) is 0 Å². The van der Waals surface area contributed by atoms with Gasteiger partial charge in [0.1, 0.15) is 29.4 Å². The third-order valence-electron chi connectivity index (χ3n) is 5.90. The summed E-state index contributed by atoms with van der Waals surface area (Å²) in [5.41, 5.74) is 1.38. The van der Waals surface area contributed by atoms with Crippen LogP contribution >= 0.6 is 23.2 Å². The van der Waals surface area contributed by atoms with Crippen LogP contribution in [-0.2, 0) is 4.74 Å². The lowest BCUT2D eigenvalue weighted by atomic mass is 9.98. The van der Waals surface area contributed by atoms with Crippen molar-refractivity contribution in [3.8, 4) is 11.5 Å². The summed E-state index contributed by atoms with van der Waals surface area (Å²) in [6.07, 6.45) is -2.64. The van der Waals surface area contributed by atoms with Crippen molar-refractivity contribution in [2.24, 2.45) is 5.16 Å². The highest BCUT2D eigenvalue weighted by molar-refractivity contribution is 6.30. The fraction of sp³-hybridized carbons (Fsp3) is 0.133. The summed E-state index contributed by atoms with van der Waals surface area (Å²) in [4.78, 5) is 12.9. The number of carbonyl (C=O) groups is 1. The number of ketones is 1. The van der Waals surface area contributed by atoms with E-state index in [9.17, 15) is 20.2 Å². The van der Waals surface area contributed by atoms with Gasteiger partial charge in [0, 0.05) is 15.6 Å². The highest BCUT2D eigenvalue weighted by Gasteiger charge is 2.23. The van der Waals surface area contributed by atoms with Gasteiger partial charge in [-0.2, -0.15) is 0 Å². The van der Waals surface area contributed by atoms with Gasteiger partial charge < -0.3 is 29.6 Å². The first-order valence-electron chi connectivity index (χ1n) is 12.0. The normalized spacial score (nSPS) is 12.9. The number of halogens is 2. The van der Waals surface area contributed by atoms with Crippen LogP contribution in [0.15, 0.2) is 102 Å². The van der Waals surface area contributed by atoms with Crippen LogP contribution in [0.4, 0.5) is 0 Å². The molecule has 4 aromatic rings. The smallest absolute Gasteiger partial charge is 0.199 e. The number of carbonyl (C=O) groups excluding carboxylic acids is 1. The lowest BCUT2D eigenvalue weighted by Crippen LogP contribution is -2.17. The molecule has 0 heterocycles. The fourth-order valence-corrected chi connectivity index (χ4v) is 4.10. The Kier molecular flexibility index (Phi) is 10.1. The molecule has 206 valence electrons. The Balaban J connectivity index is 1.36. The SMILES string of the molecule is O=C(c1ccccc1OCOCOc1ccccc1C(=NO)C(O)c1ccc(Cl)cc1)C(O)c1ccc(Cl)cc1. The first-order valence-corrected chi connectivity index (χ1v) is 12.8. The highest BCUT2D eigenvalue weighted by atomic mass is 35.5. The number of Topliss-reactive ketones (excluding diaryl/α,β-unsaturated/α-hetero) is 1. The lowest BCUT2D eigenvalue weighted by molar-refractivity contribution is -0.0539. The van der Waals surface area contributed by atoms with Crippen molar-refractivity contribution < 1.29 is 34.4 Å². The van der Waals surface area contributed by atoms with Crippen LogP contribution in [0, 0.1) is 0 Å². The average molecular weight is 582 g/mol. The minimum Gasteiger partial charge on any atom is -0.467 e. The van der Waals surface area contributed by atoms with Gasteiger partial charge in [0.2, 0.25) is 0 Å². The maximum absolute atomic E-state index is 12.9. The van der Waals surface area contributed by atoms with E-state index in [1.54, 1.807) is 97.1 Å². The minimum absolute atomic E-state index is 0.0270. The second-order valence-corrected chi connectivity index (χ2v) is 9.35. The molecule has 0 spiro atoms. The van der Waals surface area contributed by atoms with Crippen molar-refractivity contribution in [1.82, 2.24) is 0 Å². The molecule has 3 N–H and O–H groups in total. The van der Waals surface area contributed by atoms with Gasteiger partial charge in [-0.1, -0.05) is 76.9 Å². The lowest BCUT2D eigenvalue weighted by Gasteiger charge is -2.17. The molecule has 0 aliphatic rings. The molecule has 40 heavy (non-hydrogen) atoms. The molecule has 2 unspecified atom stereocenters. The first kappa shape index (κ1) is 29.1. The van der Waals surface area contributed by atoms with E-state index in [-0.39, 0.29) is 30.6 Å². The van der Waals surface area contributed by atoms with Gasteiger partial charge in [-0.15, -0.1) is 0 Å². The molecule has 0 aliphatic heterocycles. The number of ether oxygens (including phenoxy) is 3.